The molecule has 2 rings (SSSR count). The van der Waals surface area contributed by atoms with Gasteiger partial charge in [0.1, 0.15) is 0 Å². The number of carbonyl (C=O) groups is 1. The fourth-order valence-corrected chi connectivity index (χ4v) is 2.38. The molecule has 0 saturated carbocycles. The molecular weight excluding hydrogens is 216 g/mol. The minimum absolute atomic E-state index is 0.0152. The Hall–Kier alpha value is -1.55. The van der Waals surface area contributed by atoms with E-state index >= 15 is 0 Å². The van der Waals surface area contributed by atoms with Gasteiger partial charge in [-0.2, -0.15) is 0 Å². The molecule has 1 saturated heterocycles. The second-order valence-corrected chi connectivity index (χ2v) is 4.43. The van der Waals surface area contributed by atoms with Gasteiger partial charge < -0.3 is 15.3 Å². The monoisotopic (exact) mass is 234 g/mol. The van der Waals surface area contributed by atoms with E-state index in [1.54, 1.807) is 0 Å². The Morgan fingerprint density at radius 2 is 2.18 bits per heavy atom. The summed E-state index contributed by atoms with van der Waals surface area (Å²) >= 11 is 0. The average Bonchev–Trinajstić information content (AvgIpc) is 2.32. The topological polar surface area (TPSA) is 52.6 Å². The number of hydrogen-bond acceptors (Lipinski definition) is 3. The van der Waals surface area contributed by atoms with Crippen LogP contribution < -0.4 is 10.2 Å². The van der Waals surface area contributed by atoms with E-state index in [4.69, 9.17) is 5.11 Å². The Morgan fingerprint density at radius 1 is 1.47 bits per heavy atom. The van der Waals surface area contributed by atoms with Crippen LogP contribution in [0, 0.1) is 0 Å². The Balaban J connectivity index is 2.11. The molecule has 1 aromatic carbocycles. The number of benzene rings is 1. The van der Waals surface area contributed by atoms with Gasteiger partial charge in [-0.1, -0.05) is 18.2 Å². The SMILES string of the molecule is C[C@H]1[C@H](CC(=O)O)NCCN1c1ccccc1. The van der Waals surface area contributed by atoms with Crippen LogP contribution >= 0.6 is 0 Å². The molecule has 1 fully saturated rings. The minimum Gasteiger partial charge on any atom is -0.481 e. The molecule has 92 valence electrons. The Kier molecular flexibility index (Phi) is 3.64. The maximum absolute atomic E-state index is 10.8. The van der Waals surface area contributed by atoms with Crippen molar-refractivity contribution in [3.63, 3.8) is 0 Å². The normalized spacial score (nSPS) is 24.6. The van der Waals surface area contributed by atoms with Crippen LogP contribution in [0.15, 0.2) is 30.3 Å². The van der Waals surface area contributed by atoms with Crippen LogP contribution in [0.1, 0.15) is 13.3 Å². The van der Waals surface area contributed by atoms with Crippen LogP contribution in [0.3, 0.4) is 0 Å². The molecule has 0 radical (unpaired) electrons. The first kappa shape index (κ1) is 11.9. The van der Waals surface area contributed by atoms with E-state index in [-0.39, 0.29) is 18.5 Å². The Labute approximate surface area is 101 Å². The molecule has 4 heteroatoms. The highest BCUT2D eigenvalue weighted by Gasteiger charge is 2.29. The number of nitrogens with one attached hydrogen (secondary N) is 1. The van der Waals surface area contributed by atoms with Gasteiger partial charge in [-0.15, -0.1) is 0 Å². The van der Waals surface area contributed by atoms with Crippen molar-refractivity contribution < 1.29 is 9.90 Å². The lowest BCUT2D eigenvalue weighted by molar-refractivity contribution is -0.137. The van der Waals surface area contributed by atoms with Gasteiger partial charge in [0, 0.05) is 30.9 Å². The van der Waals surface area contributed by atoms with Gasteiger partial charge >= 0.3 is 5.97 Å². The van der Waals surface area contributed by atoms with Gasteiger partial charge in [-0.3, -0.25) is 4.79 Å². The van der Waals surface area contributed by atoms with Crippen LogP contribution in [-0.4, -0.2) is 36.2 Å². The van der Waals surface area contributed by atoms with Gasteiger partial charge in [0.25, 0.3) is 0 Å². The van der Waals surface area contributed by atoms with Crippen LogP contribution in [0.25, 0.3) is 0 Å². The molecule has 2 N–H and O–H groups in total. The highest BCUT2D eigenvalue weighted by molar-refractivity contribution is 5.68. The van der Waals surface area contributed by atoms with Crippen molar-refractivity contribution in [2.45, 2.75) is 25.4 Å². The zero-order chi connectivity index (χ0) is 12.3. The lowest BCUT2D eigenvalue weighted by Crippen LogP contribution is -2.57. The van der Waals surface area contributed by atoms with Gasteiger partial charge in [0.15, 0.2) is 0 Å². The molecule has 17 heavy (non-hydrogen) atoms. The molecular formula is C13H18N2O2. The Bertz CT molecular complexity index is 380. The number of rotatable bonds is 3. The van der Waals surface area contributed by atoms with E-state index in [0.29, 0.717) is 0 Å². The first-order valence-electron chi connectivity index (χ1n) is 5.95. The van der Waals surface area contributed by atoms with Gasteiger partial charge in [0.05, 0.1) is 6.42 Å². The summed E-state index contributed by atoms with van der Waals surface area (Å²) in [5.74, 6) is -0.746. The standard InChI is InChI=1S/C13H18N2O2/c1-10-12(9-13(16)17)14-7-8-15(10)11-5-3-2-4-6-11/h2-6,10,12,14H,7-9H2,1H3,(H,16,17)/t10-,12-/m0/s1. The predicted octanol–water partition coefficient (Wildman–Crippen LogP) is 1.33. The lowest BCUT2D eigenvalue weighted by Gasteiger charge is -2.41. The zero-order valence-electron chi connectivity index (χ0n) is 9.97. The third-order valence-electron chi connectivity index (χ3n) is 3.32. The van der Waals surface area contributed by atoms with Gasteiger partial charge in [0.2, 0.25) is 0 Å². The predicted molar refractivity (Wildman–Crippen MR) is 67.3 cm³/mol. The molecule has 0 unspecified atom stereocenters. The van der Waals surface area contributed by atoms with Crippen molar-refractivity contribution in [1.82, 2.24) is 5.32 Å². The number of carboxylic acids is 1. The maximum atomic E-state index is 10.8. The lowest BCUT2D eigenvalue weighted by atomic mass is 10.0. The third-order valence-corrected chi connectivity index (χ3v) is 3.32. The first-order valence-corrected chi connectivity index (χ1v) is 5.95. The summed E-state index contributed by atoms with van der Waals surface area (Å²) in [6, 6.07) is 10.4. The number of anilines is 1. The second kappa shape index (κ2) is 5.19. The molecule has 1 aromatic rings. The molecule has 1 aliphatic heterocycles. The number of nitrogens with zero attached hydrogens (tertiary/aromatic N) is 1. The van der Waals surface area contributed by atoms with E-state index in [1.165, 1.54) is 0 Å². The van der Waals surface area contributed by atoms with E-state index in [2.05, 4.69) is 29.3 Å². The van der Waals surface area contributed by atoms with Crippen LogP contribution in [0.4, 0.5) is 5.69 Å². The quantitative estimate of drug-likeness (QED) is 0.828. The summed E-state index contributed by atoms with van der Waals surface area (Å²) in [7, 11) is 0. The van der Waals surface area contributed by atoms with Crippen molar-refractivity contribution in [1.29, 1.82) is 0 Å². The number of carboxylic acid groups (broad SMARTS) is 1. The van der Waals surface area contributed by atoms with Gasteiger partial charge in [-0.25, -0.2) is 0 Å². The van der Waals surface area contributed by atoms with Crippen molar-refractivity contribution in [3.8, 4) is 0 Å². The molecule has 4 nitrogen and oxygen atoms in total. The number of para-hydroxylation sites is 1. The summed E-state index contributed by atoms with van der Waals surface area (Å²) in [6.07, 6.45) is 0.171. The third kappa shape index (κ3) is 2.77. The minimum atomic E-state index is -0.746. The molecule has 2 atom stereocenters. The number of piperazine rings is 1. The average molecular weight is 234 g/mol. The molecule has 0 bridgehead atoms. The van der Waals surface area contributed by atoms with Crippen LogP contribution in [0.2, 0.25) is 0 Å². The van der Waals surface area contributed by atoms with E-state index in [1.807, 2.05) is 18.2 Å². The summed E-state index contributed by atoms with van der Waals surface area (Å²) < 4.78 is 0. The number of hydrogen-bond donors (Lipinski definition) is 2. The van der Waals surface area contributed by atoms with Crippen molar-refractivity contribution >= 4 is 11.7 Å². The first-order chi connectivity index (χ1) is 8.18. The van der Waals surface area contributed by atoms with Crippen LogP contribution in [-0.2, 0) is 4.79 Å². The molecule has 1 heterocycles. The highest BCUT2D eigenvalue weighted by Crippen LogP contribution is 2.21. The van der Waals surface area contributed by atoms with Crippen LogP contribution in [0.5, 0.6) is 0 Å². The second-order valence-electron chi connectivity index (χ2n) is 4.43. The molecule has 0 spiro atoms. The highest BCUT2D eigenvalue weighted by atomic mass is 16.4. The fraction of sp³-hybridized carbons (Fsp3) is 0.462. The maximum Gasteiger partial charge on any atom is 0.305 e. The van der Waals surface area contributed by atoms with Gasteiger partial charge in [-0.05, 0) is 19.1 Å². The van der Waals surface area contributed by atoms with E-state index < -0.39 is 5.97 Å². The largest absolute Gasteiger partial charge is 0.481 e. The summed E-state index contributed by atoms with van der Waals surface area (Å²) in [4.78, 5) is 13.1. The molecule has 1 aliphatic rings. The van der Waals surface area contributed by atoms with Crippen molar-refractivity contribution in [2.75, 3.05) is 18.0 Å². The Morgan fingerprint density at radius 3 is 2.82 bits per heavy atom. The molecule has 0 amide bonds. The number of aliphatic carboxylic acids is 1. The zero-order valence-corrected chi connectivity index (χ0v) is 9.97. The molecule has 0 aliphatic carbocycles. The summed E-state index contributed by atoms with van der Waals surface area (Å²) in [6.45, 7) is 3.82. The molecule has 0 aromatic heterocycles. The smallest absolute Gasteiger partial charge is 0.305 e. The summed E-state index contributed by atoms with van der Waals surface area (Å²) in [5.41, 5.74) is 1.16. The fourth-order valence-electron chi connectivity index (χ4n) is 2.38. The van der Waals surface area contributed by atoms with Crippen molar-refractivity contribution in [3.05, 3.63) is 30.3 Å². The van der Waals surface area contributed by atoms with Crippen molar-refractivity contribution in [2.24, 2.45) is 0 Å². The van der Waals surface area contributed by atoms with E-state index in [9.17, 15) is 4.79 Å². The summed E-state index contributed by atoms with van der Waals surface area (Å²) in [5, 5.41) is 12.2. The van der Waals surface area contributed by atoms with E-state index in [0.717, 1.165) is 18.8 Å².